The SMILES string of the molecule is CC(C)(C)c1ccc(C(=O)Oc2ccc(Br)cc2Cl)cc1. The molecule has 2 nitrogen and oxygen atoms in total. The van der Waals surface area contributed by atoms with Crippen LogP contribution in [0.25, 0.3) is 0 Å². The summed E-state index contributed by atoms with van der Waals surface area (Å²) in [7, 11) is 0. The zero-order chi connectivity index (χ0) is 15.6. The minimum atomic E-state index is -0.417. The normalized spacial score (nSPS) is 11.3. The molecule has 0 saturated heterocycles. The number of carbonyl (C=O) groups excluding carboxylic acids is 1. The summed E-state index contributed by atoms with van der Waals surface area (Å²) in [5.41, 5.74) is 1.72. The molecule has 2 aromatic carbocycles. The molecule has 0 aliphatic carbocycles. The lowest BCUT2D eigenvalue weighted by Crippen LogP contribution is -2.13. The fourth-order valence-electron chi connectivity index (χ4n) is 1.82. The van der Waals surface area contributed by atoms with Crippen LogP contribution in [0.2, 0.25) is 5.02 Å². The van der Waals surface area contributed by atoms with Crippen LogP contribution in [0.1, 0.15) is 36.7 Å². The quantitative estimate of drug-likeness (QED) is 0.508. The Morgan fingerprint density at radius 2 is 1.71 bits per heavy atom. The van der Waals surface area contributed by atoms with Crippen molar-refractivity contribution in [1.29, 1.82) is 0 Å². The maximum absolute atomic E-state index is 12.1. The van der Waals surface area contributed by atoms with Gasteiger partial charge < -0.3 is 4.74 Å². The molecule has 0 amide bonds. The van der Waals surface area contributed by atoms with Gasteiger partial charge in [0.1, 0.15) is 5.75 Å². The molecule has 0 spiro atoms. The van der Waals surface area contributed by atoms with Gasteiger partial charge in [0.25, 0.3) is 0 Å². The van der Waals surface area contributed by atoms with Crippen LogP contribution in [-0.2, 0) is 5.41 Å². The van der Waals surface area contributed by atoms with Gasteiger partial charge >= 0.3 is 5.97 Å². The number of rotatable bonds is 2. The van der Waals surface area contributed by atoms with Gasteiger partial charge in [0.05, 0.1) is 10.6 Å². The van der Waals surface area contributed by atoms with Crippen LogP contribution in [0.4, 0.5) is 0 Å². The van der Waals surface area contributed by atoms with Crippen LogP contribution < -0.4 is 4.74 Å². The number of hydrogen-bond acceptors (Lipinski definition) is 2. The molecule has 0 aliphatic heterocycles. The van der Waals surface area contributed by atoms with Crippen molar-refractivity contribution in [3.8, 4) is 5.75 Å². The van der Waals surface area contributed by atoms with E-state index in [4.69, 9.17) is 16.3 Å². The maximum Gasteiger partial charge on any atom is 0.343 e. The minimum Gasteiger partial charge on any atom is -0.421 e. The first-order valence-corrected chi connectivity index (χ1v) is 7.72. The van der Waals surface area contributed by atoms with Gasteiger partial charge in [-0.05, 0) is 41.3 Å². The average molecular weight is 368 g/mol. The van der Waals surface area contributed by atoms with Crippen molar-refractivity contribution in [3.05, 3.63) is 63.1 Å². The number of carbonyl (C=O) groups is 1. The Hall–Kier alpha value is -1.32. The van der Waals surface area contributed by atoms with Crippen molar-refractivity contribution in [3.63, 3.8) is 0 Å². The predicted molar refractivity (Wildman–Crippen MR) is 89.3 cm³/mol. The zero-order valence-corrected chi connectivity index (χ0v) is 14.5. The predicted octanol–water partition coefficient (Wildman–Crippen LogP) is 5.62. The largest absolute Gasteiger partial charge is 0.421 e. The number of hydrogen-bond donors (Lipinski definition) is 0. The Morgan fingerprint density at radius 1 is 1.10 bits per heavy atom. The second-order valence-electron chi connectivity index (χ2n) is 5.79. The number of benzene rings is 2. The van der Waals surface area contributed by atoms with Crippen LogP contribution in [0.5, 0.6) is 5.75 Å². The van der Waals surface area contributed by atoms with Gasteiger partial charge in [0, 0.05) is 4.47 Å². The molecular weight excluding hydrogens is 352 g/mol. The third-order valence-electron chi connectivity index (χ3n) is 3.08. The van der Waals surface area contributed by atoms with Gasteiger partial charge in [-0.2, -0.15) is 0 Å². The van der Waals surface area contributed by atoms with E-state index < -0.39 is 5.97 Å². The van der Waals surface area contributed by atoms with E-state index in [2.05, 4.69) is 36.7 Å². The summed E-state index contributed by atoms with van der Waals surface area (Å²) >= 11 is 9.35. The summed E-state index contributed by atoms with van der Waals surface area (Å²) < 4.78 is 6.16. The smallest absolute Gasteiger partial charge is 0.343 e. The first kappa shape index (κ1) is 16.1. The van der Waals surface area contributed by atoms with Crippen LogP contribution in [-0.4, -0.2) is 5.97 Å². The van der Waals surface area contributed by atoms with Gasteiger partial charge in [-0.3, -0.25) is 0 Å². The van der Waals surface area contributed by atoms with Crippen molar-refractivity contribution in [1.82, 2.24) is 0 Å². The molecule has 0 N–H and O–H groups in total. The molecule has 2 aromatic rings. The number of ether oxygens (including phenoxy) is 1. The summed E-state index contributed by atoms with van der Waals surface area (Å²) in [6, 6.07) is 12.6. The van der Waals surface area contributed by atoms with E-state index in [9.17, 15) is 4.79 Å². The molecule has 4 heteroatoms. The topological polar surface area (TPSA) is 26.3 Å². The highest BCUT2D eigenvalue weighted by Gasteiger charge is 2.15. The zero-order valence-electron chi connectivity index (χ0n) is 12.1. The lowest BCUT2D eigenvalue weighted by atomic mass is 9.87. The van der Waals surface area contributed by atoms with Crippen LogP contribution in [0.15, 0.2) is 46.9 Å². The molecule has 0 unspecified atom stereocenters. The van der Waals surface area contributed by atoms with E-state index in [1.54, 1.807) is 30.3 Å². The van der Waals surface area contributed by atoms with Gasteiger partial charge in [-0.25, -0.2) is 4.79 Å². The van der Waals surface area contributed by atoms with Gasteiger partial charge in [-0.15, -0.1) is 0 Å². The third kappa shape index (κ3) is 4.08. The fraction of sp³-hybridized carbons (Fsp3) is 0.235. The molecule has 0 radical (unpaired) electrons. The number of esters is 1. The monoisotopic (exact) mass is 366 g/mol. The molecule has 21 heavy (non-hydrogen) atoms. The van der Waals surface area contributed by atoms with Gasteiger partial charge in [-0.1, -0.05) is 60.4 Å². The number of halogens is 2. The molecule has 0 bridgehead atoms. The van der Waals surface area contributed by atoms with Gasteiger partial charge in [0.2, 0.25) is 0 Å². The third-order valence-corrected chi connectivity index (χ3v) is 3.87. The van der Waals surface area contributed by atoms with E-state index in [-0.39, 0.29) is 5.41 Å². The summed E-state index contributed by atoms with van der Waals surface area (Å²) in [6.45, 7) is 6.38. The Bertz CT molecular complexity index is 657. The molecular formula is C17H16BrClO2. The van der Waals surface area contributed by atoms with Crippen LogP contribution in [0.3, 0.4) is 0 Å². The summed E-state index contributed by atoms with van der Waals surface area (Å²) in [5.74, 6) is -0.0653. The molecule has 0 fully saturated rings. The maximum atomic E-state index is 12.1. The molecule has 110 valence electrons. The van der Waals surface area contributed by atoms with E-state index in [1.165, 1.54) is 5.56 Å². The first-order chi connectivity index (χ1) is 9.77. The van der Waals surface area contributed by atoms with Crippen molar-refractivity contribution >= 4 is 33.5 Å². The molecule has 0 atom stereocenters. The van der Waals surface area contributed by atoms with E-state index in [0.29, 0.717) is 16.3 Å². The summed E-state index contributed by atoms with van der Waals surface area (Å²) in [5, 5.41) is 0.393. The first-order valence-electron chi connectivity index (χ1n) is 6.55. The summed E-state index contributed by atoms with van der Waals surface area (Å²) in [4.78, 5) is 12.1. The van der Waals surface area contributed by atoms with E-state index in [1.807, 2.05) is 12.1 Å². The van der Waals surface area contributed by atoms with Crippen molar-refractivity contribution in [2.75, 3.05) is 0 Å². The Balaban J connectivity index is 2.17. The van der Waals surface area contributed by atoms with Gasteiger partial charge in [0.15, 0.2) is 0 Å². The molecule has 0 aromatic heterocycles. The highest BCUT2D eigenvalue weighted by atomic mass is 79.9. The standard InChI is InChI=1S/C17H16BrClO2/c1-17(2,3)12-6-4-11(5-7-12)16(20)21-15-9-8-13(18)10-14(15)19/h4-10H,1-3H3. The average Bonchev–Trinajstić information content (AvgIpc) is 2.41. The van der Waals surface area contributed by atoms with Crippen molar-refractivity contribution in [2.45, 2.75) is 26.2 Å². The highest BCUT2D eigenvalue weighted by molar-refractivity contribution is 9.10. The van der Waals surface area contributed by atoms with Crippen molar-refractivity contribution in [2.24, 2.45) is 0 Å². The van der Waals surface area contributed by atoms with Crippen LogP contribution >= 0.6 is 27.5 Å². The Morgan fingerprint density at radius 3 is 2.24 bits per heavy atom. The molecule has 0 aliphatic rings. The summed E-state index contributed by atoms with van der Waals surface area (Å²) in [6.07, 6.45) is 0. The van der Waals surface area contributed by atoms with E-state index >= 15 is 0 Å². The lowest BCUT2D eigenvalue weighted by molar-refractivity contribution is 0.0735. The fourth-order valence-corrected chi connectivity index (χ4v) is 2.54. The Kier molecular flexibility index (Phi) is 4.74. The molecule has 2 rings (SSSR count). The molecule has 0 saturated carbocycles. The lowest BCUT2D eigenvalue weighted by Gasteiger charge is -2.18. The van der Waals surface area contributed by atoms with Crippen LogP contribution in [0, 0.1) is 0 Å². The van der Waals surface area contributed by atoms with Crippen molar-refractivity contribution < 1.29 is 9.53 Å². The Labute approximate surface area is 138 Å². The second-order valence-corrected chi connectivity index (χ2v) is 7.11. The van der Waals surface area contributed by atoms with E-state index in [0.717, 1.165) is 4.47 Å². The molecule has 0 heterocycles. The highest BCUT2D eigenvalue weighted by Crippen LogP contribution is 2.28. The second kappa shape index (κ2) is 6.20. The minimum absolute atomic E-state index is 0.0530.